The molecule has 2 aromatic rings. The Hall–Kier alpha value is -2.69. The molecule has 122 valence electrons. The van der Waals surface area contributed by atoms with Gasteiger partial charge in [-0.2, -0.15) is 0 Å². The molecule has 2 aliphatic rings. The van der Waals surface area contributed by atoms with Gasteiger partial charge in [0.1, 0.15) is 5.82 Å². The Morgan fingerprint density at radius 3 is 2.58 bits per heavy atom. The Kier molecular flexibility index (Phi) is 3.20. The van der Waals surface area contributed by atoms with Crippen LogP contribution in [0.5, 0.6) is 0 Å². The molecular weight excluding hydrogens is 307 g/mol. The topological polar surface area (TPSA) is 40.6 Å². The number of carbonyl (C=O) groups is 2. The van der Waals surface area contributed by atoms with Crippen LogP contribution >= 0.6 is 0 Å². The number of rotatable bonds is 1. The van der Waals surface area contributed by atoms with Crippen LogP contribution in [0.1, 0.15) is 22.3 Å². The Morgan fingerprint density at radius 1 is 1.12 bits per heavy atom. The third-order valence-corrected chi connectivity index (χ3v) is 5.14. The van der Waals surface area contributed by atoms with Crippen molar-refractivity contribution in [3.05, 3.63) is 65.5 Å². The second kappa shape index (κ2) is 5.16. The number of nitrogens with zero attached hydrogens (tertiary/aromatic N) is 2. The summed E-state index contributed by atoms with van der Waals surface area (Å²) >= 11 is 0. The molecule has 0 aromatic heterocycles. The molecular formula is C19H17FN2O2. The average Bonchev–Trinajstić information content (AvgIpc) is 3.14. The third-order valence-electron chi connectivity index (χ3n) is 5.14. The Bertz CT molecular complexity index is 834. The zero-order chi connectivity index (χ0) is 16.9. The summed E-state index contributed by atoms with van der Waals surface area (Å²) in [5, 5.41) is 0. The molecule has 0 radical (unpaired) electrons. The molecule has 1 spiro atoms. The number of likely N-dealkylation sites (N-methyl/N-ethyl adjacent to an activating group) is 1. The van der Waals surface area contributed by atoms with Crippen molar-refractivity contribution in [3.8, 4) is 0 Å². The number of fused-ring (bicyclic) bond motifs is 2. The highest BCUT2D eigenvalue weighted by atomic mass is 19.1. The van der Waals surface area contributed by atoms with Gasteiger partial charge in [0.15, 0.2) is 0 Å². The largest absolute Gasteiger partial charge is 0.337 e. The second-order valence-corrected chi connectivity index (χ2v) is 6.45. The maximum absolute atomic E-state index is 13.1. The quantitative estimate of drug-likeness (QED) is 0.809. The van der Waals surface area contributed by atoms with Gasteiger partial charge in [0, 0.05) is 31.4 Å². The minimum atomic E-state index is -0.652. The molecule has 2 aliphatic heterocycles. The molecule has 4 rings (SSSR count). The number of likely N-dealkylation sites (tertiary alicyclic amines) is 1. The van der Waals surface area contributed by atoms with Crippen LogP contribution in [0.15, 0.2) is 48.5 Å². The van der Waals surface area contributed by atoms with E-state index in [4.69, 9.17) is 0 Å². The maximum atomic E-state index is 13.1. The fraction of sp³-hybridized carbons (Fsp3) is 0.263. The van der Waals surface area contributed by atoms with E-state index in [0.29, 0.717) is 25.1 Å². The van der Waals surface area contributed by atoms with E-state index in [1.165, 1.54) is 24.3 Å². The summed E-state index contributed by atoms with van der Waals surface area (Å²) in [5.74, 6) is -0.490. The van der Waals surface area contributed by atoms with Crippen LogP contribution in [0.3, 0.4) is 0 Å². The van der Waals surface area contributed by atoms with Crippen molar-refractivity contribution in [1.29, 1.82) is 0 Å². The molecule has 1 atom stereocenters. The van der Waals surface area contributed by atoms with E-state index in [9.17, 15) is 14.0 Å². The standard InChI is InChI=1S/C19H17FN2O2/c1-21-16-5-3-2-4-15(16)19(18(21)24)10-11-22(12-19)17(23)13-6-8-14(20)9-7-13/h2-9H,10-12H2,1H3/t19-/m1/s1. The lowest BCUT2D eigenvalue weighted by Gasteiger charge is -2.23. The SMILES string of the molecule is CN1C(=O)[C@@]2(CCN(C(=O)c3ccc(F)cc3)C2)c2ccccc21. The summed E-state index contributed by atoms with van der Waals surface area (Å²) < 4.78 is 13.1. The average molecular weight is 324 g/mol. The van der Waals surface area contributed by atoms with Crippen LogP contribution in [0, 0.1) is 5.82 Å². The first-order valence-corrected chi connectivity index (χ1v) is 7.95. The third kappa shape index (κ3) is 1.97. The summed E-state index contributed by atoms with van der Waals surface area (Å²) in [6.07, 6.45) is 0.611. The lowest BCUT2D eigenvalue weighted by Crippen LogP contribution is -2.42. The van der Waals surface area contributed by atoms with Crippen molar-refractivity contribution in [2.75, 3.05) is 25.0 Å². The number of hydrogen-bond acceptors (Lipinski definition) is 2. The molecule has 2 aromatic carbocycles. The molecule has 1 saturated heterocycles. The van der Waals surface area contributed by atoms with E-state index in [1.54, 1.807) is 16.8 Å². The molecule has 0 aliphatic carbocycles. The van der Waals surface area contributed by atoms with E-state index in [-0.39, 0.29) is 17.6 Å². The number of carbonyl (C=O) groups excluding carboxylic acids is 2. The molecule has 4 nitrogen and oxygen atoms in total. The zero-order valence-corrected chi connectivity index (χ0v) is 13.3. The molecule has 24 heavy (non-hydrogen) atoms. The van der Waals surface area contributed by atoms with Gasteiger partial charge in [-0.3, -0.25) is 9.59 Å². The molecule has 0 N–H and O–H groups in total. The Labute approximate surface area is 139 Å². The first kappa shape index (κ1) is 14.9. The maximum Gasteiger partial charge on any atom is 0.253 e. The second-order valence-electron chi connectivity index (χ2n) is 6.45. The molecule has 2 amide bonds. The lowest BCUT2D eigenvalue weighted by molar-refractivity contribution is -0.122. The molecule has 0 bridgehead atoms. The number of para-hydroxylation sites is 1. The van der Waals surface area contributed by atoms with Gasteiger partial charge in [0.05, 0.1) is 5.41 Å². The van der Waals surface area contributed by atoms with Crippen LogP contribution < -0.4 is 4.90 Å². The smallest absolute Gasteiger partial charge is 0.253 e. The van der Waals surface area contributed by atoms with E-state index < -0.39 is 5.41 Å². The number of benzene rings is 2. The highest BCUT2D eigenvalue weighted by Gasteiger charge is 2.54. The fourth-order valence-electron chi connectivity index (χ4n) is 3.87. The zero-order valence-electron chi connectivity index (χ0n) is 13.3. The Morgan fingerprint density at radius 2 is 1.83 bits per heavy atom. The van der Waals surface area contributed by atoms with E-state index >= 15 is 0 Å². The van der Waals surface area contributed by atoms with Crippen molar-refractivity contribution < 1.29 is 14.0 Å². The summed E-state index contributed by atoms with van der Waals surface area (Å²) in [4.78, 5) is 28.9. The number of anilines is 1. The fourth-order valence-corrected chi connectivity index (χ4v) is 3.87. The first-order chi connectivity index (χ1) is 11.5. The van der Waals surface area contributed by atoms with Crippen molar-refractivity contribution in [3.63, 3.8) is 0 Å². The molecule has 2 heterocycles. The van der Waals surface area contributed by atoms with Gasteiger partial charge in [-0.25, -0.2) is 4.39 Å². The van der Waals surface area contributed by atoms with Gasteiger partial charge in [0.25, 0.3) is 5.91 Å². The first-order valence-electron chi connectivity index (χ1n) is 7.95. The highest BCUT2D eigenvalue weighted by Crippen LogP contribution is 2.46. The van der Waals surface area contributed by atoms with Gasteiger partial charge in [-0.05, 0) is 42.3 Å². The predicted octanol–water partition coefficient (Wildman–Crippen LogP) is 2.59. The van der Waals surface area contributed by atoms with Gasteiger partial charge in [-0.1, -0.05) is 18.2 Å². The predicted molar refractivity (Wildman–Crippen MR) is 88.5 cm³/mol. The van der Waals surface area contributed by atoms with Gasteiger partial charge in [-0.15, -0.1) is 0 Å². The van der Waals surface area contributed by atoms with Crippen LogP contribution in [-0.2, 0) is 10.2 Å². The molecule has 1 fully saturated rings. The summed E-state index contributed by atoms with van der Waals surface area (Å²) in [5.41, 5.74) is 1.70. The van der Waals surface area contributed by atoms with E-state index in [1.807, 2.05) is 24.3 Å². The van der Waals surface area contributed by atoms with Gasteiger partial charge in [0.2, 0.25) is 5.91 Å². The summed E-state index contributed by atoms with van der Waals surface area (Å²) in [6, 6.07) is 13.3. The Balaban J connectivity index is 1.66. The normalized spacial score (nSPS) is 22.3. The molecule has 0 saturated carbocycles. The lowest BCUT2D eigenvalue weighted by atomic mass is 9.81. The summed E-state index contributed by atoms with van der Waals surface area (Å²) in [7, 11) is 1.78. The van der Waals surface area contributed by atoms with Crippen LogP contribution in [0.2, 0.25) is 0 Å². The monoisotopic (exact) mass is 324 g/mol. The summed E-state index contributed by atoms with van der Waals surface area (Å²) in [6.45, 7) is 0.882. The van der Waals surface area contributed by atoms with Crippen LogP contribution in [-0.4, -0.2) is 36.9 Å². The molecule has 0 unspecified atom stereocenters. The highest BCUT2D eigenvalue weighted by molar-refractivity contribution is 6.09. The van der Waals surface area contributed by atoms with Crippen molar-refractivity contribution >= 4 is 17.5 Å². The number of halogens is 1. The van der Waals surface area contributed by atoms with E-state index in [2.05, 4.69) is 0 Å². The number of hydrogen-bond donors (Lipinski definition) is 0. The minimum absolute atomic E-state index is 0.0399. The van der Waals surface area contributed by atoms with Crippen molar-refractivity contribution in [2.45, 2.75) is 11.8 Å². The van der Waals surface area contributed by atoms with Gasteiger partial charge >= 0.3 is 0 Å². The van der Waals surface area contributed by atoms with Crippen LogP contribution in [0.4, 0.5) is 10.1 Å². The van der Waals surface area contributed by atoms with E-state index in [0.717, 1.165) is 11.3 Å². The minimum Gasteiger partial charge on any atom is -0.337 e. The van der Waals surface area contributed by atoms with Crippen molar-refractivity contribution in [2.24, 2.45) is 0 Å². The molecule has 5 heteroatoms. The van der Waals surface area contributed by atoms with Crippen molar-refractivity contribution in [1.82, 2.24) is 4.90 Å². The van der Waals surface area contributed by atoms with Gasteiger partial charge < -0.3 is 9.80 Å². The number of amides is 2. The van der Waals surface area contributed by atoms with Crippen LogP contribution in [0.25, 0.3) is 0 Å².